The summed E-state index contributed by atoms with van der Waals surface area (Å²) >= 11 is 5.46. The number of alkyl halides is 6. The number of ether oxygens (including phenoxy) is 1. The summed E-state index contributed by atoms with van der Waals surface area (Å²) in [6.45, 7) is -1.59. The van der Waals surface area contributed by atoms with Crippen molar-refractivity contribution in [1.29, 1.82) is 0 Å². The van der Waals surface area contributed by atoms with Crippen LogP contribution in [-0.4, -0.2) is 25.9 Å². The molecule has 1 aromatic heterocycles. The summed E-state index contributed by atoms with van der Waals surface area (Å²) in [4.78, 5) is 15.9. The maximum Gasteiger partial charge on any atom is 1.00 e. The first kappa shape index (κ1) is 20.8. The van der Waals surface area contributed by atoms with Crippen LogP contribution >= 0.6 is 11.6 Å². The first-order chi connectivity index (χ1) is 11.5. The number of rotatable bonds is 1. The van der Waals surface area contributed by atoms with Gasteiger partial charge in [-0.05, 0) is 17.5 Å². The number of anilines is 1. The number of benzene rings is 1. The SMILES string of the molecule is O=c1[n-]c2cc3c(cc2c(C(F)(F)F)c1Cl)N(CC(F)(F)F)CCO3.[Li+]. The van der Waals surface area contributed by atoms with Crippen LogP contribution in [-0.2, 0) is 6.18 Å². The van der Waals surface area contributed by atoms with E-state index in [2.05, 4.69) is 4.98 Å². The molecule has 0 amide bonds. The van der Waals surface area contributed by atoms with Gasteiger partial charge in [0.1, 0.15) is 18.9 Å². The van der Waals surface area contributed by atoms with Crippen molar-refractivity contribution >= 4 is 28.2 Å². The van der Waals surface area contributed by atoms with Gasteiger partial charge in [-0.3, -0.25) is 0 Å². The number of nitrogens with zero attached hydrogens (tertiary/aromatic N) is 2. The summed E-state index contributed by atoms with van der Waals surface area (Å²) in [5.41, 5.74) is -3.22. The van der Waals surface area contributed by atoms with Crippen LogP contribution in [0.5, 0.6) is 5.75 Å². The molecule has 3 rings (SSSR count). The first-order valence-corrected chi connectivity index (χ1v) is 7.21. The van der Waals surface area contributed by atoms with Gasteiger partial charge in [0.2, 0.25) is 0 Å². The fraction of sp³-hybridized carbons (Fsp3) is 0.357. The molecule has 12 heteroatoms. The topological polar surface area (TPSA) is 43.6 Å². The molecular weight excluding hydrogens is 385 g/mol. The largest absolute Gasteiger partial charge is 1.00 e. The van der Waals surface area contributed by atoms with Crippen LogP contribution in [0.4, 0.5) is 32.0 Å². The number of halogens is 7. The standard InChI is InChI=1S/C14H9ClF6N2O2.Li/c15-11-10(14(19,20)21)6-3-8-9(4-7(6)22-12(11)24)25-2-1-23(8)5-13(16,17)18;/h3-4H,1-2,5H2,(H,22,24);/q;+1/p-1. The minimum atomic E-state index is -4.98. The van der Waals surface area contributed by atoms with E-state index in [0.717, 1.165) is 17.0 Å². The molecule has 0 bridgehead atoms. The van der Waals surface area contributed by atoms with Crippen molar-refractivity contribution in [1.82, 2.24) is 4.98 Å². The Morgan fingerprint density at radius 2 is 1.85 bits per heavy atom. The zero-order valence-corrected chi connectivity index (χ0v) is 13.9. The van der Waals surface area contributed by atoms with Gasteiger partial charge in [0.15, 0.2) is 0 Å². The van der Waals surface area contributed by atoms with Gasteiger partial charge in [0.25, 0.3) is 0 Å². The fourth-order valence-electron chi connectivity index (χ4n) is 2.64. The van der Waals surface area contributed by atoms with Gasteiger partial charge in [-0.15, -0.1) is 5.52 Å². The number of aromatic nitrogens is 1. The minimum absolute atomic E-state index is 0. The Labute approximate surface area is 159 Å². The van der Waals surface area contributed by atoms with E-state index < -0.39 is 40.4 Å². The van der Waals surface area contributed by atoms with Crippen molar-refractivity contribution in [3.05, 3.63) is 33.1 Å². The van der Waals surface area contributed by atoms with Crippen molar-refractivity contribution in [2.45, 2.75) is 12.4 Å². The Morgan fingerprint density at radius 1 is 1.19 bits per heavy atom. The van der Waals surface area contributed by atoms with Crippen molar-refractivity contribution in [2.24, 2.45) is 0 Å². The van der Waals surface area contributed by atoms with Crippen LogP contribution in [0.2, 0.25) is 5.02 Å². The monoisotopic (exact) mass is 392 g/mol. The molecule has 0 spiro atoms. The van der Waals surface area contributed by atoms with Crippen molar-refractivity contribution < 1.29 is 49.9 Å². The molecule has 2 heterocycles. The molecule has 0 saturated carbocycles. The van der Waals surface area contributed by atoms with Crippen LogP contribution in [0.1, 0.15) is 5.56 Å². The Kier molecular flexibility index (Phi) is 5.53. The van der Waals surface area contributed by atoms with E-state index in [4.69, 9.17) is 16.3 Å². The smallest absolute Gasteiger partial charge is 0.621 e. The molecular formula is C14H8ClF6LiN2O2. The Balaban J connectivity index is 0.00000243. The van der Waals surface area contributed by atoms with Crippen LogP contribution in [0.25, 0.3) is 10.9 Å². The van der Waals surface area contributed by atoms with Gasteiger partial charge in [-0.1, -0.05) is 11.6 Å². The minimum Gasteiger partial charge on any atom is -0.621 e. The Morgan fingerprint density at radius 3 is 2.42 bits per heavy atom. The molecule has 0 radical (unpaired) electrons. The fourth-order valence-corrected chi connectivity index (χ4v) is 2.89. The number of pyridine rings is 1. The Bertz CT molecular complexity index is 896. The molecule has 136 valence electrons. The molecule has 2 aromatic rings. The molecule has 0 aliphatic carbocycles. The van der Waals surface area contributed by atoms with E-state index in [1.165, 1.54) is 0 Å². The van der Waals surface area contributed by atoms with E-state index in [0.29, 0.717) is 0 Å². The van der Waals surface area contributed by atoms with E-state index >= 15 is 0 Å². The average molecular weight is 393 g/mol. The molecule has 4 nitrogen and oxygen atoms in total. The summed E-state index contributed by atoms with van der Waals surface area (Å²) in [6, 6.07) is 1.89. The van der Waals surface area contributed by atoms with E-state index in [1.807, 2.05) is 0 Å². The average Bonchev–Trinajstić information content (AvgIpc) is 2.44. The molecule has 0 unspecified atom stereocenters. The normalized spacial score (nSPS) is 14.7. The second kappa shape index (κ2) is 6.91. The molecule has 1 aromatic carbocycles. The summed E-state index contributed by atoms with van der Waals surface area (Å²) in [6.07, 6.45) is -9.53. The zero-order chi connectivity index (χ0) is 18.6. The second-order valence-electron chi connectivity index (χ2n) is 5.33. The number of hydrogen-bond acceptors (Lipinski definition) is 3. The summed E-state index contributed by atoms with van der Waals surface area (Å²) < 4.78 is 83.1. The maximum atomic E-state index is 13.3. The summed E-state index contributed by atoms with van der Waals surface area (Å²) in [5, 5.41) is -1.69. The summed E-state index contributed by atoms with van der Waals surface area (Å²) in [5.74, 6) is -0.0784. The predicted octanol–water partition coefficient (Wildman–Crippen LogP) is 0.594. The number of hydrogen-bond donors (Lipinski definition) is 0. The first-order valence-electron chi connectivity index (χ1n) is 6.83. The van der Waals surface area contributed by atoms with Crippen molar-refractivity contribution in [3.8, 4) is 5.75 Å². The van der Waals surface area contributed by atoms with Gasteiger partial charge in [-0.25, -0.2) is 0 Å². The van der Waals surface area contributed by atoms with Crippen molar-refractivity contribution in [2.75, 3.05) is 24.6 Å². The third kappa shape index (κ3) is 3.92. The molecule has 1 aliphatic heterocycles. The third-order valence-electron chi connectivity index (χ3n) is 3.59. The number of fused-ring (bicyclic) bond motifs is 2. The van der Waals surface area contributed by atoms with Gasteiger partial charge in [0, 0.05) is 0 Å². The van der Waals surface area contributed by atoms with Crippen LogP contribution in [0, 0.1) is 0 Å². The zero-order valence-electron chi connectivity index (χ0n) is 13.1. The maximum absolute atomic E-state index is 13.3. The van der Waals surface area contributed by atoms with E-state index in [1.54, 1.807) is 0 Å². The van der Waals surface area contributed by atoms with Gasteiger partial charge < -0.3 is 19.4 Å². The molecule has 0 N–H and O–H groups in total. The van der Waals surface area contributed by atoms with E-state index in [9.17, 15) is 31.1 Å². The third-order valence-corrected chi connectivity index (χ3v) is 3.94. The van der Waals surface area contributed by atoms with Gasteiger partial charge >= 0.3 is 31.2 Å². The van der Waals surface area contributed by atoms with Crippen LogP contribution in [0.3, 0.4) is 0 Å². The molecule has 26 heavy (non-hydrogen) atoms. The molecule has 0 fully saturated rings. The van der Waals surface area contributed by atoms with Gasteiger partial charge in [0.05, 0.1) is 28.4 Å². The molecule has 0 atom stereocenters. The molecule has 1 aliphatic rings. The van der Waals surface area contributed by atoms with Crippen molar-refractivity contribution in [3.63, 3.8) is 0 Å². The predicted molar refractivity (Wildman–Crippen MR) is 77.3 cm³/mol. The van der Waals surface area contributed by atoms with Crippen LogP contribution < -0.4 is 39.0 Å². The molecule has 0 saturated heterocycles. The van der Waals surface area contributed by atoms with E-state index in [-0.39, 0.29) is 49.0 Å². The Hall–Kier alpha value is -1.50. The van der Waals surface area contributed by atoms with Gasteiger partial charge in [-0.2, -0.15) is 26.3 Å². The quantitative estimate of drug-likeness (QED) is 0.526. The second-order valence-corrected chi connectivity index (χ2v) is 5.70. The summed E-state index contributed by atoms with van der Waals surface area (Å²) in [7, 11) is 0. The van der Waals surface area contributed by atoms with Crippen LogP contribution in [0.15, 0.2) is 16.9 Å².